The molecule has 0 unspecified atom stereocenters. The Bertz CT molecular complexity index is 3020. The molecule has 0 atom stereocenters. The van der Waals surface area contributed by atoms with Crippen LogP contribution in [0.2, 0.25) is 10.0 Å². The van der Waals surface area contributed by atoms with Crippen molar-refractivity contribution in [2.24, 2.45) is 0 Å². The Kier molecular flexibility index (Phi) is 14.6. The van der Waals surface area contributed by atoms with Crippen LogP contribution in [0.3, 0.4) is 0 Å². The van der Waals surface area contributed by atoms with Gasteiger partial charge in [0.2, 0.25) is 0 Å². The SMILES string of the molecule is CCc1nc2ccc(Cl)cn2c1C(=O)NCc1ccc(N2CCC(c3ccc(OC(F)(F)F)cc3)CC2)cc1.FC(F)(F)Oc1ccc(Oc2ccc(Nc3ncnc4cc(Cl)ccc34)cc2)cc1. The predicted molar refractivity (Wildman–Crippen MR) is 252 cm³/mol. The molecule has 0 saturated carbocycles. The van der Waals surface area contributed by atoms with Crippen LogP contribution < -0.4 is 29.7 Å². The molecule has 0 radical (unpaired) electrons. The summed E-state index contributed by atoms with van der Waals surface area (Å²) in [5.74, 6) is 1.10. The second-order valence-electron chi connectivity index (χ2n) is 15.7. The number of piperidine rings is 1. The van der Waals surface area contributed by atoms with Crippen molar-refractivity contribution in [1.29, 1.82) is 0 Å². The monoisotopic (exact) mass is 987 g/mol. The van der Waals surface area contributed by atoms with Gasteiger partial charge < -0.3 is 29.7 Å². The van der Waals surface area contributed by atoms with Crippen LogP contribution in [-0.2, 0) is 13.0 Å². The largest absolute Gasteiger partial charge is 0.573 e. The average molecular weight is 989 g/mol. The molecule has 2 N–H and O–H groups in total. The van der Waals surface area contributed by atoms with E-state index < -0.39 is 12.7 Å². The highest BCUT2D eigenvalue weighted by atomic mass is 35.5. The Labute approximate surface area is 401 Å². The van der Waals surface area contributed by atoms with E-state index in [2.05, 4.69) is 52.1 Å². The summed E-state index contributed by atoms with van der Waals surface area (Å²) in [4.78, 5) is 28.4. The van der Waals surface area contributed by atoms with Crippen LogP contribution in [0.4, 0.5) is 43.5 Å². The Morgan fingerprint density at radius 1 is 0.725 bits per heavy atom. The normalized spacial score (nSPS) is 13.1. The van der Waals surface area contributed by atoms with Crippen molar-refractivity contribution in [3.8, 4) is 23.0 Å². The summed E-state index contributed by atoms with van der Waals surface area (Å²) in [7, 11) is 0. The highest BCUT2D eigenvalue weighted by molar-refractivity contribution is 6.31. The lowest BCUT2D eigenvalue weighted by Gasteiger charge is -2.34. The van der Waals surface area contributed by atoms with E-state index in [0.717, 1.165) is 65.0 Å². The molecule has 0 aliphatic carbocycles. The van der Waals surface area contributed by atoms with E-state index in [1.165, 1.54) is 42.7 Å². The number of rotatable bonds is 12. The lowest BCUT2D eigenvalue weighted by atomic mass is 9.89. The molecular formula is C50H41Cl2F6N7O4. The van der Waals surface area contributed by atoms with Gasteiger partial charge in [-0.15, -0.1) is 26.3 Å². The number of nitrogens with one attached hydrogen (secondary N) is 2. The minimum Gasteiger partial charge on any atom is -0.457 e. The molecule has 9 rings (SSSR count). The molecule has 1 saturated heterocycles. The molecule has 1 fully saturated rings. The number of pyridine rings is 1. The Balaban J connectivity index is 0.000000192. The van der Waals surface area contributed by atoms with Gasteiger partial charge in [0.1, 0.15) is 46.5 Å². The molecule has 11 nitrogen and oxygen atoms in total. The third-order valence-corrected chi connectivity index (χ3v) is 11.5. The topological polar surface area (TPSA) is 115 Å². The third-order valence-electron chi connectivity index (χ3n) is 11.0. The zero-order chi connectivity index (χ0) is 48.7. The van der Waals surface area contributed by atoms with Gasteiger partial charge in [-0.2, -0.15) is 0 Å². The maximum atomic E-state index is 13.0. The number of alkyl halides is 6. The molecule has 1 aliphatic rings. The van der Waals surface area contributed by atoms with Crippen LogP contribution in [0, 0.1) is 0 Å². The van der Waals surface area contributed by atoms with Crippen molar-refractivity contribution in [2.45, 2.75) is 51.4 Å². The van der Waals surface area contributed by atoms with Gasteiger partial charge in [0.15, 0.2) is 0 Å². The lowest BCUT2D eigenvalue weighted by Crippen LogP contribution is -2.32. The summed E-state index contributed by atoms with van der Waals surface area (Å²) in [6.45, 7) is 4.04. The number of anilines is 3. The molecule has 0 bridgehead atoms. The Hall–Kier alpha value is -7.24. The first kappa shape index (κ1) is 48.2. The number of imidazole rings is 1. The quantitative estimate of drug-likeness (QED) is 0.115. The first-order valence-electron chi connectivity index (χ1n) is 21.5. The van der Waals surface area contributed by atoms with Gasteiger partial charge >= 0.3 is 12.7 Å². The van der Waals surface area contributed by atoms with E-state index in [1.54, 1.807) is 71.3 Å². The number of carbonyl (C=O) groups excluding carboxylic acids is 1. The molecule has 69 heavy (non-hydrogen) atoms. The highest BCUT2D eigenvalue weighted by Crippen LogP contribution is 2.34. The van der Waals surface area contributed by atoms with Crippen molar-refractivity contribution in [3.05, 3.63) is 172 Å². The Morgan fingerprint density at radius 2 is 1.32 bits per heavy atom. The summed E-state index contributed by atoms with van der Waals surface area (Å²) in [6.07, 6.45) is -3.83. The molecule has 356 valence electrons. The number of carbonyl (C=O) groups is 1. The fraction of sp³-hybridized carbons (Fsp3) is 0.200. The lowest BCUT2D eigenvalue weighted by molar-refractivity contribution is -0.275. The number of hydrogen-bond acceptors (Lipinski definition) is 9. The number of nitrogens with zero attached hydrogens (tertiary/aromatic N) is 5. The van der Waals surface area contributed by atoms with Crippen LogP contribution in [0.15, 0.2) is 140 Å². The van der Waals surface area contributed by atoms with E-state index in [1.807, 2.05) is 25.1 Å². The molecule has 3 aromatic heterocycles. The zero-order valence-electron chi connectivity index (χ0n) is 36.5. The van der Waals surface area contributed by atoms with Gasteiger partial charge in [-0.25, -0.2) is 15.0 Å². The van der Waals surface area contributed by atoms with Gasteiger partial charge in [-0.3, -0.25) is 9.20 Å². The fourth-order valence-corrected chi connectivity index (χ4v) is 8.10. The first-order chi connectivity index (χ1) is 33.1. The van der Waals surface area contributed by atoms with Gasteiger partial charge in [0.25, 0.3) is 5.91 Å². The predicted octanol–water partition coefficient (Wildman–Crippen LogP) is 13.5. The summed E-state index contributed by atoms with van der Waals surface area (Å²) in [6, 6.07) is 35.4. The third kappa shape index (κ3) is 12.9. The zero-order valence-corrected chi connectivity index (χ0v) is 38.0. The van der Waals surface area contributed by atoms with E-state index in [4.69, 9.17) is 27.9 Å². The summed E-state index contributed by atoms with van der Waals surface area (Å²) >= 11 is 12.1. The van der Waals surface area contributed by atoms with Crippen molar-refractivity contribution in [3.63, 3.8) is 0 Å². The number of benzene rings is 5. The fourth-order valence-electron chi connectivity index (χ4n) is 7.78. The molecule has 8 aromatic rings. The molecular weight excluding hydrogens is 947 g/mol. The van der Waals surface area contributed by atoms with Gasteiger partial charge in [0, 0.05) is 47.6 Å². The van der Waals surface area contributed by atoms with Crippen LogP contribution in [0.5, 0.6) is 23.0 Å². The van der Waals surface area contributed by atoms with Crippen LogP contribution >= 0.6 is 23.2 Å². The molecule has 1 amide bonds. The smallest absolute Gasteiger partial charge is 0.457 e. The van der Waals surface area contributed by atoms with E-state index in [9.17, 15) is 31.1 Å². The molecule has 19 heteroatoms. The van der Waals surface area contributed by atoms with Gasteiger partial charge in [-0.1, -0.05) is 54.4 Å². The number of fused-ring (bicyclic) bond motifs is 2. The van der Waals surface area contributed by atoms with Gasteiger partial charge in [-0.05, 0) is 139 Å². The van der Waals surface area contributed by atoms with Crippen molar-refractivity contribution < 1.29 is 45.3 Å². The minimum atomic E-state index is -4.73. The number of halogens is 8. The van der Waals surface area contributed by atoms with Crippen LogP contribution in [-0.4, -0.2) is 51.1 Å². The summed E-state index contributed by atoms with van der Waals surface area (Å²) in [5, 5.41) is 8.16. The number of hydrogen-bond donors (Lipinski definition) is 2. The van der Waals surface area contributed by atoms with Crippen LogP contribution in [0.25, 0.3) is 16.6 Å². The van der Waals surface area contributed by atoms with E-state index >= 15 is 0 Å². The Morgan fingerprint density at radius 3 is 1.94 bits per heavy atom. The van der Waals surface area contributed by atoms with Crippen molar-refractivity contribution in [1.82, 2.24) is 24.7 Å². The summed E-state index contributed by atoms with van der Waals surface area (Å²) < 4.78 is 89.0. The minimum absolute atomic E-state index is 0.200. The second-order valence-corrected chi connectivity index (χ2v) is 16.6. The number of amides is 1. The summed E-state index contributed by atoms with van der Waals surface area (Å²) in [5.41, 5.74) is 6.49. The number of aromatic nitrogens is 4. The van der Waals surface area contributed by atoms with Gasteiger partial charge in [0.05, 0.1) is 16.2 Å². The second kappa shape index (κ2) is 21.0. The molecule has 0 spiro atoms. The van der Waals surface area contributed by atoms with Crippen molar-refractivity contribution >= 4 is 62.9 Å². The molecule has 5 aromatic carbocycles. The molecule has 4 heterocycles. The van der Waals surface area contributed by atoms with E-state index in [0.29, 0.717) is 51.7 Å². The standard InChI is InChI=1S/C29H28ClF3N4O2.C21H13ClF3N3O2/c1-2-25-27(37-18-22(30)7-12-26(37)35-25)28(38)34-17-19-3-8-23(9-4-19)36-15-13-21(14-16-36)20-5-10-24(11-6-20)39-29(31,32)33;22-13-1-10-18-19(11-13)26-12-27-20(18)28-14-2-4-15(5-3-14)29-16-6-8-17(9-7-16)30-21(23,24)25/h3-12,18,21H,2,13-17H2,1H3,(H,34,38);1-12H,(H,26,27,28). The average Bonchev–Trinajstić information content (AvgIpc) is 3.70. The van der Waals surface area contributed by atoms with Crippen molar-refractivity contribution in [2.75, 3.05) is 23.3 Å². The molecule has 1 aliphatic heterocycles. The van der Waals surface area contributed by atoms with Crippen LogP contribution in [0.1, 0.15) is 53.0 Å². The first-order valence-corrected chi connectivity index (χ1v) is 22.3. The highest BCUT2D eigenvalue weighted by Gasteiger charge is 2.32. The maximum absolute atomic E-state index is 13.0. The van der Waals surface area contributed by atoms with E-state index in [-0.39, 0.29) is 23.3 Å². The number of aryl methyl sites for hydroxylation is 1. The maximum Gasteiger partial charge on any atom is 0.573 e. The number of ether oxygens (including phenoxy) is 3.